The number of thiophene rings is 1. The van der Waals surface area contributed by atoms with E-state index in [0.29, 0.717) is 4.88 Å². The minimum Gasteiger partial charge on any atom is -0.455 e. The highest BCUT2D eigenvalue weighted by Crippen LogP contribution is 2.18. The Hall–Kier alpha value is -3.07. The van der Waals surface area contributed by atoms with Crippen LogP contribution >= 0.6 is 11.3 Å². The lowest BCUT2D eigenvalue weighted by atomic mass is 10.1. The lowest BCUT2D eigenvalue weighted by Crippen LogP contribution is -2.33. The van der Waals surface area contributed by atoms with Crippen molar-refractivity contribution in [3.05, 3.63) is 62.3 Å². The summed E-state index contributed by atoms with van der Waals surface area (Å²) in [7, 11) is 0. The molecule has 0 atom stereocenters. The summed E-state index contributed by atoms with van der Waals surface area (Å²) in [6, 6.07) is 8.96. The fraction of sp³-hybridized carbons (Fsp3) is 0.133. The second-order valence-electron chi connectivity index (χ2n) is 4.58. The van der Waals surface area contributed by atoms with Crippen molar-refractivity contribution in [2.75, 3.05) is 6.61 Å². The molecule has 9 heteroatoms. The summed E-state index contributed by atoms with van der Waals surface area (Å²) in [5.74, 6) is -2.16. The molecule has 0 unspecified atom stereocenters. The summed E-state index contributed by atoms with van der Waals surface area (Å²) in [5, 5.41) is 14.6. The lowest BCUT2D eigenvalue weighted by Gasteiger charge is -2.05. The summed E-state index contributed by atoms with van der Waals surface area (Å²) < 4.78 is 4.74. The van der Waals surface area contributed by atoms with Crippen LogP contribution in [0.2, 0.25) is 0 Å². The molecule has 0 bridgehead atoms. The van der Waals surface area contributed by atoms with Crippen molar-refractivity contribution in [3.8, 4) is 0 Å². The Morgan fingerprint density at radius 1 is 1.17 bits per heavy atom. The summed E-state index contributed by atoms with van der Waals surface area (Å²) in [4.78, 5) is 45.5. The molecule has 2 aromatic rings. The second kappa shape index (κ2) is 7.97. The number of benzene rings is 1. The van der Waals surface area contributed by atoms with Crippen LogP contribution in [-0.4, -0.2) is 29.3 Å². The van der Waals surface area contributed by atoms with Crippen molar-refractivity contribution in [2.45, 2.75) is 6.42 Å². The first kappa shape index (κ1) is 17.3. The Bertz CT molecular complexity index is 772. The smallest absolute Gasteiger partial charge is 0.311 e. The number of hydrogen-bond acceptors (Lipinski definition) is 7. The fourth-order valence-electron chi connectivity index (χ4n) is 1.82. The number of imide groups is 1. The van der Waals surface area contributed by atoms with Gasteiger partial charge >= 0.3 is 5.97 Å². The van der Waals surface area contributed by atoms with Gasteiger partial charge in [0.2, 0.25) is 0 Å². The number of rotatable bonds is 6. The maximum Gasteiger partial charge on any atom is 0.311 e. The van der Waals surface area contributed by atoms with Crippen LogP contribution in [0.25, 0.3) is 0 Å². The topological polar surface area (TPSA) is 116 Å². The van der Waals surface area contributed by atoms with Crippen LogP contribution < -0.4 is 5.32 Å². The van der Waals surface area contributed by atoms with E-state index in [9.17, 15) is 24.5 Å². The average Bonchev–Trinajstić information content (AvgIpc) is 3.08. The molecule has 0 aliphatic rings. The molecule has 2 amide bonds. The summed E-state index contributed by atoms with van der Waals surface area (Å²) >= 11 is 1.17. The first-order chi connectivity index (χ1) is 11.5. The molecule has 0 spiro atoms. The van der Waals surface area contributed by atoms with Crippen molar-refractivity contribution >= 4 is 34.8 Å². The summed E-state index contributed by atoms with van der Waals surface area (Å²) in [5.41, 5.74) is -0.0191. The molecule has 1 N–H and O–H groups in total. The number of esters is 1. The van der Waals surface area contributed by atoms with Crippen molar-refractivity contribution < 1.29 is 24.0 Å². The molecule has 0 aliphatic heterocycles. The van der Waals surface area contributed by atoms with Gasteiger partial charge in [-0.25, -0.2) is 0 Å². The van der Waals surface area contributed by atoms with Crippen LogP contribution in [0.15, 0.2) is 41.8 Å². The lowest BCUT2D eigenvalue weighted by molar-refractivity contribution is -0.385. The van der Waals surface area contributed by atoms with Crippen molar-refractivity contribution in [3.63, 3.8) is 0 Å². The van der Waals surface area contributed by atoms with E-state index in [2.05, 4.69) is 5.32 Å². The Labute approximate surface area is 140 Å². The first-order valence-electron chi connectivity index (χ1n) is 6.73. The SMILES string of the molecule is O=C(COC(=O)Cc1ccccc1[N+](=O)[O-])NC(=O)c1cccs1. The maximum atomic E-state index is 11.7. The predicted octanol–water partition coefficient (Wildman–Crippen LogP) is 1.70. The third-order valence-corrected chi connectivity index (χ3v) is 3.75. The quantitative estimate of drug-likeness (QED) is 0.482. The third-order valence-electron chi connectivity index (χ3n) is 2.89. The van der Waals surface area contributed by atoms with Crippen LogP contribution in [0.3, 0.4) is 0 Å². The second-order valence-corrected chi connectivity index (χ2v) is 5.53. The van der Waals surface area contributed by atoms with E-state index in [1.165, 1.54) is 29.5 Å². The number of nitro benzene ring substituents is 1. The van der Waals surface area contributed by atoms with Gasteiger partial charge in [0, 0.05) is 11.6 Å². The van der Waals surface area contributed by atoms with Gasteiger partial charge in [0.15, 0.2) is 6.61 Å². The van der Waals surface area contributed by atoms with Crippen LogP contribution in [0.1, 0.15) is 15.2 Å². The minimum atomic E-state index is -0.803. The van der Waals surface area contributed by atoms with Gasteiger partial charge in [0.1, 0.15) is 0 Å². The van der Waals surface area contributed by atoms with Crippen LogP contribution in [0, 0.1) is 10.1 Å². The molecule has 0 radical (unpaired) electrons. The largest absolute Gasteiger partial charge is 0.455 e. The number of ether oxygens (including phenoxy) is 1. The Morgan fingerprint density at radius 3 is 2.58 bits per heavy atom. The van der Waals surface area contributed by atoms with Gasteiger partial charge < -0.3 is 4.74 Å². The third kappa shape index (κ3) is 4.71. The normalized spacial score (nSPS) is 10.0. The molecule has 24 heavy (non-hydrogen) atoms. The number of hydrogen-bond donors (Lipinski definition) is 1. The minimum absolute atomic E-state index is 0.183. The van der Waals surface area contributed by atoms with E-state index in [0.717, 1.165) is 0 Å². The predicted molar refractivity (Wildman–Crippen MR) is 84.6 cm³/mol. The molecule has 0 aliphatic carbocycles. The molecule has 0 saturated carbocycles. The number of carbonyl (C=O) groups excluding carboxylic acids is 3. The van der Waals surface area contributed by atoms with Crippen LogP contribution in [-0.2, 0) is 20.7 Å². The van der Waals surface area contributed by atoms with E-state index in [4.69, 9.17) is 4.74 Å². The van der Waals surface area contributed by atoms with E-state index in [-0.39, 0.29) is 17.7 Å². The molecule has 0 fully saturated rings. The number of amides is 2. The van der Waals surface area contributed by atoms with Gasteiger partial charge in [0.25, 0.3) is 17.5 Å². The van der Waals surface area contributed by atoms with Gasteiger partial charge in [-0.3, -0.25) is 29.8 Å². The molecular weight excluding hydrogens is 336 g/mol. The van der Waals surface area contributed by atoms with Crippen molar-refractivity contribution in [1.29, 1.82) is 0 Å². The number of para-hydroxylation sites is 1. The van der Waals surface area contributed by atoms with Gasteiger partial charge in [0.05, 0.1) is 16.2 Å². The fourth-order valence-corrected chi connectivity index (χ4v) is 2.44. The van der Waals surface area contributed by atoms with Gasteiger partial charge in [-0.2, -0.15) is 0 Å². The summed E-state index contributed by atoms with van der Waals surface area (Å²) in [6.07, 6.45) is -0.344. The highest BCUT2D eigenvalue weighted by molar-refractivity contribution is 7.12. The van der Waals surface area contributed by atoms with Gasteiger partial charge in [-0.1, -0.05) is 24.3 Å². The monoisotopic (exact) mass is 348 g/mol. The van der Waals surface area contributed by atoms with E-state index < -0.39 is 29.3 Å². The zero-order valence-electron chi connectivity index (χ0n) is 12.3. The van der Waals surface area contributed by atoms with Crippen LogP contribution in [0.4, 0.5) is 5.69 Å². The zero-order valence-corrected chi connectivity index (χ0v) is 13.1. The van der Waals surface area contributed by atoms with Crippen molar-refractivity contribution in [2.24, 2.45) is 0 Å². The molecule has 1 aromatic carbocycles. The van der Waals surface area contributed by atoms with Crippen LogP contribution in [0.5, 0.6) is 0 Å². The highest BCUT2D eigenvalue weighted by atomic mass is 32.1. The standard InChI is InChI=1S/C15H12N2O6S/c18-13(16-15(20)12-6-3-7-24-12)9-23-14(19)8-10-4-1-2-5-11(10)17(21)22/h1-7H,8-9H2,(H,16,18,20). The number of carbonyl (C=O) groups is 3. The number of nitrogens with one attached hydrogen (secondary N) is 1. The molecule has 2 rings (SSSR count). The average molecular weight is 348 g/mol. The molecule has 1 heterocycles. The highest BCUT2D eigenvalue weighted by Gasteiger charge is 2.18. The zero-order chi connectivity index (χ0) is 17.5. The Kier molecular flexibility index (Phi) is 5.74. The molecule has 124 valence electrons. The van der Waals surface area contributed by atoms with E-state index in [1.54, 1.807) is 23.6 Å². The number of nitrogens with zero attached hydrogens (tertiary/aromatic N) is 1. The molecule has 0 saturated heterocycles. The van der Waals surface area contributed by atoms with E-state index in [1.807, 2.05) is 0 Å². The van der Waals surface area contributed by atoms with Gasteiger partial charge in [-0.05, 0) is 11.4 Å². The Morgan fingerprint density at radius 2 is 1.92 bits per heavy atom. The first-order valence-corrected chi connectivity index (χ1v) is 7.61. The van der Waals surface area contributed by atoms with E-state index >= 15 is 0 Å². The maximum absolute atomic E-state index is 11.7. The molecule has 8 nitrogen and oxygen atoms in total. The van der Waals surface area contributed by atoms with Gasteiger partial charge in [-0.15, -0.1) is 11.3 Å². The molecule has 1 aromatic heterocycles. The Balaban J connectivity index is 1.84. The summed E-state index contributed by atoms with van der Waals surface area (Å²) in [6.45, 7) is -0.642. The molecular formula is C15H12N2O6S. The van der Waals surface area contributed by atoms with Crippen molar-refractivity contribution in [1.82, 2.24) is 5.32 Å². The number of nitro groups is 1.